The van der Waals surface area contributed by atoms with Crippen molar-refractivity contribution in [1.82, 2.24) is 14.9 Å². The molecule has 31 heavy (non-hydrogen) atoms. The summed E-state index contributed by atoms with van der Waals surface area (Å²) in [6.45, 7) is 2.72. The van der Waals surface area contributed by atoms with Crippen molar-refractivity contribution >= 4 is 40.4 Å². The predicted molar refractivity (Wildman–Crippen MR) is 119 cm³/mol. The van der Waals surface area contributed by atoms with Crippen LogP contribution < -0.4 is 5.32 Å². The van der Waals surface area contributed by atoms with Crippen molar-refractivity contribution in [3.63, 3.8) is 0 Å². The monoisotopic (exact) mass is 458 g/mol. The van der Waals surface area contributed by atoms with E-state index in [2.05, 4.69) is 15.3 Å². The molecule has 1 fully saturated rings. The second kappa shape index (κ2) is 9.11. The summed E-state index contributed by atoms with van der Waals surface area (Å²) in [6, 6.07) is 7.78. The molecule has 4 rings (SSSR count). The Morgan fingerprint density at radius 1 is 1.32 bits per heavy atom. The van der Waals surface area contributed by atoms with E-state index in [4.69, 9.17) is 11.6 Å². The number of aromatic nitrogens is 2. The van der Waals surface area contributed by atoms with E-state index < -0.39 is 5.82 Å². The molecule has 0 saturated carbocycles. The Balaban J connectivity index is 1.45. The molecule has 3 heterocycles. The second-order valence-electron chi connectivity index (χ2n) is 7.38. The Morgan fingerprint density at radius 3 is 2.90 bits per heavy atom. The van der Waals surface area contributed by atoms with Gasteiger partial charge in [-0.15, -0.1) is 11.3 Å². The zero-order valence-electron chi connectivity index (χ0n) is 16.8. The van der Waals surface area contributed by atoms with Crippen LogP contribution in [0.1, 0.15) is 28.2 Å². The van der Waals surface area contributed by atoms with E-state index in [-0.39, 0.29) is 22.8 Å². The van der Waals surface area contributed by atoms with Crippen molar-refractivity contribution in [3.05, 3.63) is 64.1 Å². The summed E-state index contributed by atoms with van der Waals surface area (Å²) >= 11 is 7.13. The highest BCUT2D eigenvalue weighted by atomic mass is 35.5. The summed E-state index contributed by atoms with van der Waals surface area (Å²) in [5.41, 5.74) is 1.96. The normalized spacial score (nSPS) is 16.2. The third kappa shape index (κ3) is 4.75. The highest BCUT2D eigenvalue weighted by Gasteiger charge is 2.31. The number of halogens is 2. The SMILES string of the molecule is Cc1nc(-c2cccnc2)sc1C(=O)N1CCCC(C(=O)Nc2ccc(F)c(Cl)c2)C1. The van der Waals surface area contributed by atoms with Gasteiger partial charge in [0, 0.05) is 36.7 Å². The van der Waals surface area contributed by atoms with Gasteiger partial charge in [-0.1, -0.05) is 11.6 Å². The Morgan fingerprint density at radius 2 is 2.16 bits per heavy atom. The minimum Gasteiger partial charge on any atom is -0.337 e. The molecular weight excluding hydrogens is 439 g/mol. The quantitative estimate of drug-likeness (QED) is 0.609. The molecule has 1 unspecified atom stereocenters. The van der Waals surface area contributed by atoms with E-state index in [1.165, 1.54) is 29.5 Å². The third-order valence-corrected chi connectivity index (χ3v) is 6.65. The molecule has 1 saturated heterocycles. The van der Waals surface area contributed by atoms with Crippen LogP contribution in [0.5, 0.6) is 0 Å². The van der Waals surface area contributed by atoms with Crippen LogP contribution in [0.4, 0.5) is 10.1 Å². The molecule has 1 aromatic carbocycles. The van der Waals surface area contributed by atoms with Gasteiger partial charge in [0.05, 0.1) is 16.6 Å². The Labute approximate surface area is 188 Å². The number of nitrogens with zero attached hydrogens (tertiary/aromatic N) is 3. The highest BCUT2D eigenvalue weighted by Crippen LogP contribution is 2.30. The lowest BCUT2D eigenvalue weighted by Gasteiger charge is -2.31. The van der Waals surface area contributed by atoms with Crippen molar-refractivity contribution in [3.8, 4) is 10.6 Å². The first-order valence-electron chi connectivity index (χ1n) is 9.85. The first-order valence-corrected chi connectivity index (χ1v) is 11.0. The van der Waals surface area contributed by atoms with E-state index in [9.17, 15) is 14.0 Å². The fourth-order valence-electron chi connectivity index (χ4n) is 3.55. The summed E-state index contributed by atoms with van der Waals surface area (Å²) < 4.78 is 13.3. The van der Waals surface area contributed by atoms with Crippen LogP contribution in [0.2, 0.25) is 5.02 Å². The number of aryl methyl sites for hydroxylation is 1. The van der Waals surface area contributed by atoms with Crippen molar-refractivity contribution in [1.29, 1.82) is 0 Å². The minimum atomic E-state index is -0.542. The molecule has 9 heteroatoms. The topological polar surface area (TPSA) is 75.2 Å². The lowest BCUT2D eigenvalue weighted by molar-refractivity contribution is -0.121. The summed E-state index contributed by atoms with van der Waals surface area (Å²) in [6.07, 6.45) is 4.80. The number of hydrogen-bond donors (Lipinski definition) is 1. The zero-order valence-corrected chi connectivity index (χ0v) is 18.3. The molecule has 1 atom stereocenters. The number of piperidine rings is 1. The van der Waals surface area contributed by atoms with Gasteiger partial charge in [0.15, 0.2) is 0 Å². The Kier molecular flexibility index (Phi) is 6.29. The lowest BCUT2D eigenvalue weighted by atomic mass is 9.96. The third-order valence-electron chi connectivity index (χ3n) is 5.17. The number of pyridine rings is 1. The van der Waals surface area contributed by atoms with Crippen molar-refractivity contribution in [2.45, 2.75) is 19.8 Å². The summed E-state index contributed by atoms with van der Waals surface area (Å²) in [7, 11) is 0. The van der Waals surface area contributed by atoms with Gasteiger partial charge in [-0.05, 0) is 50.1 Å². The Bertz CT molecular complexity index is 1120. The largest absolute Gasteiger partial charge is 0.337 e. The molecule has 160 valence electrons. The first kappa shape index (κ1) is 21.4. The van der Waals surface area contributed by atoms with Crippen molar-refractivity contribution in [2.24, 2.45) is 5.92 Å². The lowest BCUT2D eigenvalue weighted by Crippen LogP contribution is -2.43. The molecule has 1 aliphatic heterocycles. The fourth-order valence-corrected chi connectivity index (χ4v) is 4.75. The molecule has 2 aromatic heterocycles. The van der Waals surface area contributed by atoms with Crippen LogP contribution in [0.25, 0.3) is 10.6 Å². The average Bonchev–Trinajstić information content (AvgIpc) is 3.18. The smallest absolute Gasteiger partial charge is 0.265 e. The standard InChI is InChI=1S/C22H20ClFN4O2S/c1-13-19(31-21(26-13)14-4-2-8-25-11-14)22(30)28-9-3-5-15(12-28)20(29)27-16-6-7-18(24)17(23)10-16/h2,4,6-8,10-11,15H,3,5,9,12H2,1H3,(H,27,29). The molecular formula is C22H20ClFN4O2S. The number of benzene rings is 1. The molecule has 6 nitrogen and oxygen atoms in total. The van der Waals surface area contributed by atoms with Crippen LogP contribution in [0.15, 0.2) is 42.7 Å². The van der Waals surface area contributed by atoms with Crippen LogP contribution in [-0.2, 0) is 4.79 Å². The van der Waals surface area contributed by atoms with Gasteiger partial charge in [0.1, 0.15) is 15.7 Å². The number of amides is 2. The number of carbonyl (C=O) groups excluding carboxylic acids is 2. The number of carbonyl (C=O) groups is 2. The maximum Gasteiger partial charge on any atom is 0.265 e. The summed E-state index contributed by atoms with van der Waals surface area (Å²) in [5, 5.41) is 3.46. The van der Waals surface area contributed by atoms with Crippen molar-refractivity contribution in [2.75, 3.05) is 18.4 Å². The Hall–Kier alpha value is -2.84. The van der Waals surface area contributed by atoms with Gasteiger partial charge in [-0.2, -0.15) is 0 Å². The average molecular weight is 459 g/mol. The molecule has 1 aliphatic rings. The molecule has 3 aromatic rings. The van der Waals surface area contributed by atoms with Gasteiger partial charge < -0.3 is 10.2 Å². The van der Waals surface area contributed by atoms with E-state index in [1.54, 1.807) is 17.3 Å². The number of nitrogens with one attached hydrogen (secondary N) is 1. The number of thiazole rings is 1. The maximum absolute atomic E-state index is 13.3. The van der Waals surface area contributed by atoms with Gasteiger partial charge in [0.2, 0.25) is 5.91 Å². The van der Waals surface area contributed by atoms with E-state index >= 15 is 0 Å². The summed E-state index contributed by atoms with van der Waals surface area (Å²) in [5.74, 6) is -1.23. The molecule has 0 aliphatic carbocycles. The van der Waals surface area contributed by atoms with Crippen molar-refractivity contribution < 1.29 is 14.0 Å². The zero-order chi connectivity index (χ0) is 22.0. The molecule has 0 spiro atoms. The van der Waals surface area contributed by atoms with Gasteiger partial charge in [0.25, 0.3) is 5.91 Å². The second-order valence-corrected chi connectivity index (χ2v) is 8.79. The maximum atomic E-state index is 13.3. The summed E-state index contributed by atoms with van der Waals surface area (Å²) in [4.78, 5) is 36.8. The van der Waals surface area contributed by atoms with Gasteiger partial charge >= 0.3 is 0 Å². The number of anilines is 1. The van der Waals surface area contributed by atoms with Gasteiger partial charge in [-0.3, -0.25) is 14.6 Å². The van der Waals surface area contributed by atoms with E-state index in [0.717, 1.165) is 17.0 Å². The van der Waals surface area contributed by atoms with Crippen LogP contribution >= 0.6 is 22.9 Å². The molecule has 0 bridgehead atoms. The van der Waals surface area contributed by atoms with E-state index in [0.29, 0.717) is 35.8 Å². The van der Waals surface area contributed by atoms with Crippen LogP contribution in [0, 0.1) is 18.7 Å². The van der Waals surface area contributed by atoms with Crippen LogP contribution in [-0.4, -0.2) is 39.8 Å². The molecule has 0 radical (unpaired) electrons. The first-order chi connectivity index (χ1) is 14.9. The fraction of sp³-hybridized carbons (Fsp3) is 0.273. The number of hydrogen-bond acceptors (Lipinski definition) is 5. The van der Waals surface area contributed by atoms with Crippen LogP contribution in [0.3, 0.4) is 0 Å². The van der Waals surface area contributed by atoms with Gasteiger partial charge in [-0.25, -0.2) is 9.37 Å². The molecule has 2 amide bonds. The molecule has 1 N–H and O–H groups in total. The predicted octanol–water partition coefficient (Wildman–Crippen LogP) is 4.80. The minimum absolute atomic E-state index is 0.0525. The highest BCUT2D eigenvalue weighted by molar-refractivity contribution is 7.17. The number of rotatable bonds is 4. The number of likely N-dealkylation sites (tertiary alicyclic amines) is 1. The van der Waals surface area contributed by atoms with E-state index in [1.807, 2.05) is 19.1 Å².